The molecule has 0 aliphatic heterocycles. The first-order chi connectivity index (χ1) is 9.24. The lowest BCUT2D eigenvalue weighted by Gasteiger charge is -2.13. The van der Waals surface area contributed by atoms with Crippen molar-refractivity contribution in [3.8, 4) is 5.75 Å². The molecule has 0 amide bonds. The molecule has 0 radical (unpaired) electrons. The molecule has 0 saturated carbocycles. The van der Waals surface area contributed by atoms with Crippen LogP contribution in [0.4, 0.5) is 0 Å². The number of aryl methyl sites for hydroxylation is 1. The lowest BCUT2D eigenvalue weighted by Crippen LogP contribution is -2.26. The smallest absolute Gasteiger partial charge is 0.133 e. The third-order valence-corrected chi connectivity index (χ3v) is 3.15. The van der Waals surface area contributed by atoms with E-state index in [0.29, 0.717) is 6.04 Å². The van der Waals surface area contributed by atoms with Gasteiger partial charge in [0, 0.05) is 12.6 Å². The Bertz CT molecular complexity index is 482. The van der Waals surface area contributed by atoms with Crippen LogP contribution in [0.1, 0.15) is 24.6 Å². The van der Waals surface area contributed by atoms with Crippen molar-refractivity contribution >= 4 is 0 Å². The molecule has 0 saturated heterocycles. The van der Waals surface area contributed by atoms with Crippen LogP contribution < -0.4 is 5.32 Å². The van der Waals surface area contributed by atoms with E-state index in [2.05, 4.69) is 41.5 Å². The monoisotopic (exact) mass is 256 g/mol. The molecule has 0 aliphatic carbocycles. The molecular formula is C16H20N2O. The summed E-state index contributed by atoms with van der Waals surface area (Å²) in [5.41, 5.74) is 2.32. The van der Waals surface area contributed by atoms with E-state index in [1.165, 1.54) is 11.8 Å². The van der Waals surface area contributed by atoms with Crippen LogP contribution in [0.5, 0.6) is 5.75 Å². The van der Waals surface area contributed by atoms with Crippen molar-refractivity contribution in [1.82, 2.24) is 10.3 Å². The van der Waals surface area contributed by atoms with Gasteiger partial charge in [-0.25, -0.2) is 0 Å². The minimum Gasteiger partial charge on any atom is -0.506 e. The van der Waals surface area contributed by atoms with Crippen molar-refractivity contribution in [2.75, 3.05) is 0 Å². The molecule has 1 atom stereocenters. The fourth-order valence-electron chi connectivity index (χ4n) is 1.93. The molecule has 0 bridgehead atoms. The number of hydrogen-bond acceptors (Lipinski definition) is 3. The van der Waals surface area contributed by atoms with Gasteiger partial charge in [-0.15, -0.1) is 0 Å². The van der Waals surface area contributed by atoms with E-state index in [9.17, 15) is 0 Å². The second-order valence-electron chi connectivity index (χ2n) is 4.81. The van der Waals surface area contributed by atoms with Gasteiger partial charge in [-0.1, -0.05) is 30.3 Å². The van der Waals surface area contributed by atoms with E-state index < -0.39 is 0 Å². The third kappa shape index (κ3) is 4.72. The highest BCUT2D eigenvalue weighted by Crippen LogP contribution is 2.07. The van der Waals surface area contributed by atoms with Gasteiger partial charge in [0.05, 0.1) is 11.9 Å². The summed E-state index contributed by atoms with van der Waals surface area (Å²) >= 11 is 0. The number of nitrogens with one attached hydrogen (secondary N) is 1. The van der Waals surface area contributed by atoms with Crippen molar-refractivity contribution in [1.29, 1.82) is 0 Å². The number of aromatic hydroxyl groups is 1. The van der Waals surface area contributed by atoms with Crippen LogP contribution in [-0.2, 0) is 13.0 Å². The summed E-state index contributed by atoms with van der Waals surface area (Å²) in [6.07, 6.45) is 3.66. The largest absolute Gasteiger partial charge is 0.506 e. The zero-order valence-corrected chi connectivity index (χ0v) is 11.2. The topological polar surface area (TPSA) is 45.1 Å². The number of hydrogen-bond donors (Lipinski definition) is 2. The maximum Gasteiger partial charge on any atom is 0.133 e. The van der Waals surface area contributed by atoms with E-state index in [1.54, 1.807) is 6.07 Å². The van der Waals surface area contributed by atoms with Crippen molar-refractivity contribution in [3.05, 3.63) is 59.9 Å². The molecule has 2 rings (SSSR count). The maximum atomic E-state index is 9.16. The Labute approximate surface area is 114 Å². The molecule has 3 heteroatoms. The molecule has 1 aromatic carbocycles. The fourth-order valence-corrected chi connectivity index (χ4v) is 1.93. The normalized spacial score (nSPS) is 12.3. The van der Waals surface area contributed by atoms with Crippen LogP contribution >= 0.6 is 0 Å². The second kappa shape index (κ2) is 6.90. The summed E-state index contributed by atoms with van der Waals surface area (Å²) in [7, 11) is 0. The van der Waals surface area contributed by atoms with Crippen molar-refractivity contribution in [2.24, 2.45) is 0 Å². The molecule has 0 fully saturated rings. The Balaban J connectivity index is 1.72. The maximum absolute atomic E-state index is 9.16. The van der Waals surface area contributed by atoms with Crippen molar-refractivity contribution < 1.29 is 5.11 Å². The molecule has 0 spiro atoms. The molecule has 1 aromatic heterocycles. The van der Waals surface area contributed by atoms with E-state index in [-0.39, 0.29) is 5.75 Å². The van der Waals surface area contributed by atoms with Gasteiger partial charge in [-0.2, -0.15) is 0 Å². The van der Waals surface area contributed by atoms with E-state index >= 15 is 0 Å². The minimum absolute atomic E-state index is 0.209. The number of aromatic nitrogens is 1. The Kier molecular flexibility index (Phi) is 4.93. The van der Waals surface area contributed by atoms with Crippen LogP contribution in [-0.4, -0.2) is 16.1 Å². The molecular weight excluding hydrogens is 236 g/mol. The zero-order valence-electron chi connectivity index (χ0n) is 11.2. The number of rotatable bonds is 6. The predicted octanol–water partition coefficient (Wildman–Crippen LogP) is 2.90. The lowest BCUT2D eigenvalue weighted by atomic mass is 10.1. The summed E-state index contributed by atoms with van der Waals surface area (Å²) in [6, 6.07) is 14.5. The highest BCUT2D eigenvalue weighted by atomic mass is 16.3. The standard InChI is InChI=1S/C16H20N2O/c1-13(7-8-14-5-3-2-4-6-14)17-11-15-9-10-16(19)12-18-15/h2-6,9-10,12-13,17,19H,7-8,11H2,1H3. The molecule has 100 valence electrons. The van der Waals surface area contributed by atoms with Crippen LogP contribution in [0, 0.1) is 0 Å². The van der Waals surface area contributed by atoms with Crippen LogP contribution in [0.15, 0.2) is 48.7 Å². The average molecular weight is 256 g/mol. The summed E-state index contributed by atoms with van der Waals surface area (Å²) in [4.78, 5) is 4.16. The number of pyridine rings is 1. The molecule has 0 aliphatic rings. The zero-order chi connectivity index (χ0) is 13.5. The van der Waals surface area contributed by atoms with Gasteiger partial charge in [0.15, 0.2) is 0 Å². The SMILES string of the molecule is CC(CCc1ccccc1)NCc1ccc(O)cn1. The average Bonchev–Trinajstić information content (AvgIpc) is 2.45. The second-order valence-corrected chi connectivity index (χ2v) is 4.81. The highest BCUT2D eigenvalue weighted by Gasteiger charge is 2.03. The lowest BCUT2D eigenvalue weighted by molar-refractivity contribution is 0.470. The van der Waals surface area contributed by atoms with Crippen LogP contribution in [0.2, 0.25) is 0 Å². The minimum atomic E-state index is 0.209. The Morgan fingerprint density at radius 1 is 1.16 bits per heavy atom. The first-order valence-corrected chi connectivity index (χ1v) is 6.65. The van der Waals surface area contributed by atoms with Crippen molar-refractivity contribution in [3.63, 3.8) is 0 Å². The number of nitrogens with zero attached hydrogens (tertiary/aromatic N) is 1. The Hall–Kier alpha value is -1.87. The summed E-state index contributed by atoms with van der Waals surface area (Å²) < 4.78 is 0. The van der Waals surface area contributed by atoms with Gasteiger partial charge in [0.1, 0.15) is 5.75 Å². The van der Waals surface area contributed by atoms with Crippen molar-refractivity contribution in [2.45, 2.75) is 32.4 Å². The Morgan fingerprint density at radius 2 is 1.95 bits per heavy atom. The van der Waals surface area contributed by atoms with E-state index in [4.69, 9.17) is 5.11 Å². The quantitative estimate of drug-likeness (QED) is 0.835. The summed E-state index contributed by atoms with van der Waals surface area (Å²) in [5.74, 6) is 0.209. The molecule has 1 unspecified atom stereocenters. The van der Waals surface area contributed by atoms with Gasteiger partial charge in [0.2, 0.25) is 0 Å². The number of benzene rings is 1. The molecule has 2 N–H and O–H groups in total. The van der Waals surface area contributed by atoms with Gasteiger partial charge in [-0.3, -0.25) is 4.98 Å². The molecule has 2 aromatic rings. The van der Waals surface area contributed by atoms with Gasteiger partial charge in [-0.05, 0) is 37.5 Å². The predicted molar refractivity (Wildman–Crippen MR) is 77.0 cm³/mol. The van der Waals surface area contributed by atoms with E-state index in [1.807, 2.05) is 12.1 Å². The van der Waals surface area contributed by atoms with E-state index in [0.717, 1.165) is 25.1 Å². The van der Waals surface area contributed by atoms with Gasteiger partial charge >= 0.3 is 0 Å². The summed E-state index contributed by atoms with van der Waals surface area (Å²) in [5, 5.41) is 12.6. The van der Waals surface area contributed by atoms with Gasteiger partial charge in [0.25, 0.3) is 0 Å². The van der Waals surface area contributed by atoms with Crippen LogP contribution in [0.25, 0.3) is 0 Å². The molecule has 3 nitrogen and oxygen atoms in total. The molecule has 1 heterocycles. The molecule has 19 heavy (non-hydrogen) atoms. The highest BCUT2D eigenvalue weighted by molar-refractivity contribution is 5.18. The van der Waals surface area contributed by atoms with Crippen LogP contribution in [0.3, 0.4) is 0 Å². The third-order valence-electron chi connectivity index (χ3n) is 3.15. The first kappa shape index (κ1) is 13.6. The van der Waals surface area contributed by atoms with Gasteiger partial charge < -0.3 is 10.4 Å². The first-order valence-electron chi connectivity index (χ1n) is 6.65. The fraction of sp³-hybridized carbons (Fsp3) is 0.312. The Morgan fingerprint density at radius 3 is 2.63 bits per heavy atom. The summed E-state index contributed by atoms with van der Waals surface area (Å²) in [6.45, 7) is 2.92.